The van der Waals surface area contributed by atoms with Gasteiger partial charge in [0.05, 0.1) is 18.6 Å². The molecule has 0 bridgehead atoms. The van der Waals surface area contributed by atoms with Crippen LogP contribution in [0.1, 0.15) is 79.9 Å². The summed E-state index contributed by atoms with van der Waals surface area (Å²) in [6, 6.07) is 19.2. The summed E-state index contributed by atoms with van der Waals surface area (Å²) in [7, 11) is 1.71. The minimum absolute atomic E-state index is 0.0561. The fourth-order valence-electron chi connectivity index (χ4n) is 10.6. The molecule has 6 aliphatic heterocycles. The summed E-state index contributed by atoms with van der Waals surface area (Å²) in [5.74, 6) is 0.943. The number of phenols is 1. The second-order valence-electron chi connectivity index (χ2n) is 18.0. The summed E-state index contributed by atoms with van der Waals surface area (Å²) < 4.78 is 5.96. The number of rotatable bonds is 9. The molecular weight excluding hydrogens is 747 g/mol. The van der Waals surface area contributed by atoms with E-state index in [4.69, 9.17) is 4.74 Å². The van der Waals surface area contributed by atoms with Crippen LogP contribution in [0.5, 0.6) is 11.5 Å². The lowest BCUT2D eigenvalue weighted by Crippen LogP contribution is -2.61. The van der Waals surface area contributed by atoms with Crippen molar-refractivity contribution in [3.63, 3.8) is 0 Å². The van der Waals surface area contributed by atoms with Crippen molar-refractivity contribution in [2.24, 2.45) is 11.3 Å². The quantitative estimate of drug-likeness (QED) is 0.231. The van der Waals surface area contributed by atoms with Crippen LogP contribution in [0, 0.1) is 11.3 Å². The lowest BCUT2D eigenvalue weighted by atomic mass is 9.70. The Morgan fingerprint density at radius 3 is 2.08 bits per heavy atom. The molecule has 6 aliphatic rings. The number of amides is 4. The molecule has 4 amide bonds. The number of nitrogens with zero attached hydrogens (tertiary/aromatic N) is 6. The standard InChI is InChI=1S/C46H57N7O6/c1-46(2)42(53(45(46)58)33-4-8-36(54)9-5-33)38-11-7-35(27-40(38)59-3)49-18-14-30(15-19-49)28-48-22-24-51(25-23-48)32-16-20-50(21-17-32)34-6-10-37-31(26-34)29-52(44(37)57)39-12-13-41(55)47-43(39)56/h4-11,26-27,30,32,39,42,54H,12-25,28-29H2,1-3H3,(H,47,55,56)/t39?,42-/m0/s1. The number of hydrogen-bond donors (Lipinski definition) is 2. The number of β-lactam (4-membered cyclic amide) rings is 1. The molecule has 0 aromatic heterocycles. The molecular formula is C46H57N7O6. The molecule has 2 atom stereocenters. The number of imide groups is 1. The van der Waals surface area contributed by atoms with Crippen molar-refractivity contribution in [3.8, 4) is 11.5 Å². The summed E-state index contributed by atoms with van der Waals surface area (Å²) in [5.41, 5.74) is 5.11. The molecule has 13 nitrogen and oxygen atoms in total. The topological polar surface area (TPSA) is 129 Å². The average Bonchev–Trinajstić information content (AvgIpc) is 3.58. The Morgan fingerprint density at radius 2 is 1.41 bits per heavy atom. The van der Waals surface area contributed by atoms with Gasteiger partial charge in [-0.25, -0.2) is 0 Å². The first-order valence-electron chi connectivity index (χ1n) is 21.5. The number of methoxy groups -OCH3 is 1. The van der Waals surface area contributed by atoms with Gasteiger partial charge in [0, 0.05) is 112 Å². The van der Waals surface area contributed by atoms with Crippen LogP contribution in [-0.2, 0) is 20.9 Å². The van der Waals surface area contributed by atoms with E-state index in [0.29, 0.717) is 30.5 Å². The smallest absolute Gasteiger partial charge is 0.255 e. The van der Waals surface area contributed by atoms with Crippen LogP contribution in [-0.4, -0.2) is 122 Å². The molecule has 0 saturated carbocycles. The molecule has 13 heteroatoms. The lowest BCUT2D eigenvalue weighted by molar-refractivity contribution is -0.138. The lowest BCUT2D eigenvalue weighted by Gasteiger charge is -2.53. The predicted octanol–water partition coefficient (Wildman–Crippen LogP) is 4.78. The third-order valence-electron chi connectivity index (χ3n) is 14.1. The van der Waals surface area contributed by atoms with E-state index in [-0.39, 0.29) is 41.8 Å². The minimum Gasteiger partial charge on any atom is -0.508 e. The van der Waals surface area contributed by atoms with Crippen molar-refractivity contribution in [3.05, 3.63) is 77.4 Å². The van der Waals surface area contributed by atoms with E-state index in [1.54, 1.807) is 36.3 Å². The minimum atomic E-state index is -0.590. The molecule has 0 spiro atoms. The van der Waals surface area contributed by atoms with E-state index < -0.39 is 11.5 Å². The maximum Gasteiger partial charge on any atom is 0.255 e. The first-order valence-corrected chi connectivity index (χ1v) is 21.5. The fraction of sp³-hybridized carbons (Fsp3) is 0.522. The molecule has 312 valence electrons. The number of hydrogen-bond acceptors (Lipinski definition) is 10. The van der Waals surface area contributed by atoms with Gasteiger partial charge in [-0.3, -0.25) is 29.4 Å². The summed E-state index contributed by atoms with van der Waals surface area (Å²) in [5, 5.41) is 12.2. The van der Waals surface area contributed by atoms with Crippen LogP contribution in [0.15, 0.2) is 60.7 Å². The Morgan fingerprint density at radius 1 is 0.763 bits per heavy atom. The maximum absolute atomic E-state index is 13.3. The second-order valence-corrected chi connectivity index (χ2v) is 18.0. The molecule has 0 radical (unpaired) electrons. The van der Waals surface area contributed by atoms with Gasteiger partial charge in [0.1, 0.15) is 17.5 Å². The average molecular weight is 804 g/mol. The number of piperidine rings is 3. The van der Waals surface area contributed by atoms with Crippen LogP contribution < -0.4 is 24.8 Å². The molecule has 5 saturated heterocycles. The Hall–Kier alpha value is -5.14. The maximum atomic E-state index is 13.3. The normalized spacial score (nSPS) is 24.7. The van der Waals surface area contributed by atoms with E-state index in [1.165, 1.54) is 0 Å². The number of ether oxygens (including phenoxy) is 1. The predicted molar refractivity (Wildman–Crippen MR) is 226 cm³/mol. The first-order chi connectivity index (χ1) is 28.5. The van der Waals surface area contributed by atoms with Crippen molar-refractivity contribution < 1.29 is 29.0 Å². The SMILES string of the molecule is COc1cc(N2CCC(CN3CCN(C4CCN(c5ccc6c(c5)CN(C5CCC(=O)NC5=O)C6=O)CC4)CC3)CC2)ccc1[C@@H]1N(c2ccc(O)cc2)C(=O)C1(C)C. The monoisotopic (exact) mass is 803 g/mol. The van der Waals surface area contributed by atoms with Gasteiger partial charge < -0.3 is 34.3 Å². The highest BCUT2D eigenvalue weighted by molar-refractivity contribution is 6.06. The van der Waals surface area contributed by atoms with Gasteiger partial charge in [0.25, 0.3) is 5.91 Å². The van der Waals surface area contributed by atoms with Crippen LogP contribution in [0.3, 0.4) is 0 Å². The molecule has 1 unspecified atom stereocenters. The van der Waals surface area contributed by atoms with Crippen LogP contribution in [0.25, 0.3) is 0 Å². The number of anilines is 3. The number of benzene rings is 3. The van der Waals surface area contributed by atoms with E-state index in [1.807, 2.05) is 24.8 Å². The molecule has 0 aliphatic carbocycles. The molecule has 3 aromatic carbocycles. The summed E-state index contributed by atoms with van der Waals surface area (Å²) >= 11 is 0. The van der Waals surface area contributed by atoms with E-state index >= 15 is 0 Å². The number of aromatic hydroxyl groups is 1. The van der Waals surface area contributed by atoms with Gasteiger partial charge in [0.2, 0.25) is 17.7 Å². The number of carbonyl (C=O) groups excluding carboxylic acids is 4. The summed E-state index contributed by atoms with van der Waals surface area (Å²) in [6.45, 7) is 14.0. The van der Waals surface area contributed by atoms with Crippen LogP contribution >= 0.6 is 0 Å². The summed E-state index contributed by atoms with van der Waals surface area (Å²) in [6.07, 6.45) is 5.20. The zero-order valence-corrected chi connectivity index (χ0v) is 34.6. The number of carbonyl (C=O) groups is 4. The highest BCUT2D eigenvalue weighted by Gasteiger charge is 2.56. The number of piperazine rings is 1. The fourth-order valence-corrected chi connectivity index (χ4v) is 10.6. The Balaban J connectivity index is 0.729. The van der Waals surface area contributed by atoms with Crippen molar-refractivity contribution >= 4 is 40.7 Å². The largest absolute Gasteiger partial charge is 0.508 e. The van der Waals surface area contributed by atoms with E-state index in [0.717, 1.165) is 119 Å². The Kier molecular flexibility index (Phi) is 10.5. The van der Waals surface area contributed by atoms with Gasteiger partial charge in [-0.2, -0.15) is 0 Å². The van der Waals surface area contributed by atoms with Gasteiger partial charge in [0.15, 0.2) is 0 Å². The molecule has 3 aromatic rings. The van der Waals surface area contributed by atoms with E-state index in [2.05, 4.69) is 55.2 Å². The van der Waals surface area contributed by atoms with Gasteiger partial charge in [-0.15, -0.1) is 0 Å². The number of nitrogens with one attached hydrogen (secondary N) is 1. The highest BCUT2D eigenvalue weighted by Crippen LogP contribution is 2.54. The van der Waals surface area contributed by atoms with Gasteiger partial charge in [-0.1, -0.05) is 6.07 Å². The van der Waals surface area contributed by atoms with Crippen LogP contribution in [0.2, 0.25) is 0 Å². The first kappa shape index (κ1) is 39.3. The number of phenolic OH excluding ortho intramolecular Hbond substituents is 1. The van der Waals surface area contributed by atoms with Crippen molar-refractivity contribution in [2.45, 2.75) is 77.0 Å². The molecule has 6 heterocycles. The van der Waals surface area contributed by atoms with Gasteiger partial charge in [-0.05, 0) is 106 Å². The Labute approximate surface area is 346 Å². The summed E-state index contributed by atoms with van der Waals surface area (Å²) in [4.78, 5) is 64.3. The van der Waals surface area contributed by atoms with Crippen molar-refractivity contribution in [2.75, 3.05) is 80.7 Å². The zero-order valence-electron chi connectivity index (χ0n) is 34.6. The second kappa shape index (κ2) is 15.8. The molecule has 59 heavy (non-hydrogen) atoms. The molecule has 5 fully saturated rings. The highest BCUT2D eigenvalue weighted by atomic mass is 16.5. The van der Waals surface area contributed by atoms with Crippen molar-refractivity contribution in [1.82, 2.24) is 20.0 Å². The number of fused-ring (bicyclic) bond motifs is 1. The molecule has 9 rings (SSSR count). The zero-order chi connectivity index (χ0) is 41.0. The van der Waals surface area contributed by atoms with E-state index in [9.17, 15) is 24.3 Å². The molecule has 2 N–H and O–H groups in total. The van der Waals surface area contributed by atoms with Crippen molar-refractivity contribution in [1.29, 1.82) is 0 Å². The Bertz CT molecular complexity index is 2100. The van der Waals surface area contributed by atoms with Gasteiger partial charge >= 0.3 is 0 Å². The van der Waals surface area contributed by atoms with Crippen LogP contribution in [0.4, 0.5) is 17.1 Å². The third-order valence-corrected chi connectivity index (χ3v) is 14.1. The third kappa shape index (κ3) is 7.41.